The Morgan fingerprint density at radius 1 is 1.10 bits per heavy atom. The summed E-state index contributed by atoms with van der Waals surface area (Å²) < 4.78 is 10.7. The quantitative estimate of drug-likeness (QED) is 0.617. The lowest BCUT2D eigenvalue weighted by Gasteiger charge is -2.06. The van der Waals surface area contributed by atoms with E-state index in [-0.39, 0.29) is 18.0 Å². The molecule has 0 radical (unpaired) electrons. The van der Waals surface area contributed by atoms with Crippen LogP contribution in [0.1, 0.15) is 27.6 Å². The summed E-state index contributed by atoms with van der Waals surface area (Å²) in [6.45, 7) is 0.435. The van der Waals surface area contributed by atoms with Crippen molar-refractivity contribution in [2.24, 2.45) is 0 Å². The molecule has 102 valence electrons. The summed E-state index contributed by atoms with van der Waals surface area (Å²) in [6, 6.07) is 17.4. The standard InChI is InChI=1S/C17H16O3/c1-19-11-13-9-5-6-10-14(13)15(18)17-16(20-17)12-7-3-2-4-8-12/h2-10,16-17H,11H2,1H3/t16-,17-/m0/s1. The fourth-order valence-electron chi connectivity index (χ4n) is 2.40. The van der Waals surface area contributed by atoms with E-state index in [0.29, 0.717) is 12.2 Å². The number of benzene rings is 2. The van der Waals surface area contributed by atoms with Gasteiger partial charge in [-0.3, -0.25) is 4.79 Å². The second-order valence-electron chi connectivity index (χ2n) is 4.84. The van der Waals surface area contributed by atoms with Crippen LogP contribution < -0.4 is 0 Å². The van der Waals surface area contributed by atoms with Crippen molar-refractivity contribution in [2.45, 2.75) is 18.8 Å². The molecule has 0 aliphatic carbocycles. The maximum atomic E-state index is 12.5. The lowest BCUT2D eigenvalue weighted by molar-refractivity contribution is 0.0949. The van der Waals surface area contributed by atoms with Gasteiger partial charge >= 0.3 is 0 Å². The topological polar surface area (TPSA) is 38.8 Å². The summed E-state index contributed by atoms with van der Waals surface area (Å²) in [7, 11) is 1.63. The molecule has 1 heterocycles. The van der Waals surface area contributed by atoms with Gasteiger partial charge in [-0.2, -0.15) is 0 Å². The van der Waals surface area contributed by atoms with Crippen LogP contribution in [-0.4, -0.2) is 19.0 Å². The molecule has 20 heavy (non-hydrogen) atoms. The van der Waals surface area contributed by atoms with E-state index in [1.54, 1.807) is 7.11 Å². The van der Waals surface area contributed by atoms with Gasteiger partial charge < -0.3 is 9.47 Å². The SMILES string of the molecule is COCc1ccccc1C(=O)[C@@H]1O[C@H]1c1ccccc1. The van der Waals surface area contributed by atoms with Crippen LogP contribution in [0.25, 0.3) is 0 Å². The van der Waals surface area contributed by atoms with E-state index in [0.717, 1.165) is 11.1 Å². The number of Topliss-reactive ketones (excluding diaryl/α,β-unsaturated/α-hetero) is 1. The molecule has 1 fully saturated rings. The summed E-state index contributed by atoms with van der Waals surface area (Å²) in [6.07, 6.45) is -0.477. The highest BCUT2D eigenvalue weighted by Gasteiger charge is 2.46. The van der Waals surface area contributed by atoms with Crippen LogP contribution in [0, 0.1) is 0 Å². The highest BCUT2D eigenvalue weighted by molar-refractivity contribution is 6.02. The van der Waals surface area contributed by atoms with E-state index < -0.39 is 0 Å². The first-order valence-electron chi connectivity index (χ1n) is 6.62. The van der Waals surface area contributed by atoms with Crippen LogP contribution in [0.2, 0.25) is 0 Å². The van der Waals surface area contributed by atoms with Gasteiger partial charge in [-0.25, -0.2) is 0 Å². The van der Waals surface area contributed by atoms with Crippen LogP contribution in [0.15, 0.2) is 54.6 Å². The van der Waals surface area contributed by atoms with Gasteiger partial charge in [0.25, 0.3) is 0 Å². The largest absolute Gasteiger partial charge is 0.380 e. The van der Waals surface area contributed by atoms with Crippen LogP contribution in [-0.2, 0) is 16.1 Å². The number of carbonyl (C=O) groups excluding carboxylic acids is 1. The van der Waals surface area contributed by atoms with Crippen molar-refractivity contribution in [1.82, 2.24) is 0 Å². The van der Waals surface area contributed by atoms with Crippen molar-refractivity contribution in [3.8, 4) is 0 Å². The summed E-state index contributed by atoms with van der Waals surface area (Å²) in [5.74, 6) is 0.0338. The molecule has 0 spiro atoms. The van der Waals surface area contributed by atoms with E-state index in [4.69, 9.17) is 9.47 Å². The first-order chi connectivity index (χ1) is 9.81. The number of hydrogen-bond acceptors (Lipinski definition) is 3. The molecule has 2 atom stereocenters. The van der Waals surface area contributed by atoms with Crippen molar-refractivity contribution in [2.75, 3.05) is 7.11 Å². The molecular formula is C17H16O3. The minimum absolute atomic E-state index is 0.0338. The van der Waals surface area contributed by atoms with E-state index in [1.807, 2.05) is 54.6 Å². The molecule has 0 amide bonds. The van der Waals surface area contributed by atoms with Crippen molar-refractivity contribution in [3.05, 3.63) is 71.3 Å². The van der Waals surface area contributed by atoms with Gasteiger partial charge in [0.05, 0.1) is 6.61 Å². The predicted octanol–water partition coefficient (Wildman–Crippen LogP) is 3.16. The monoisotopic (exact) mass is 268 g/mol. The lowest BCUT2D eigenvalue weighted by atomic mass is 9.99. The lowest BCUT2D eigenvalue weighted by Crippen LogP contribution is -2.11. The van der Waals surface area contributed by atoms with Crippen LogP contribution in [0.4, 0.5) is 0 Å². The molecule has 0 saturated carbocycles. The Morgan fingerprint density at radius 2 is 1.80 bits per heavy atom. The number of hydrogen-bond donors (Lipinski definition) is 0. The Hall–Kier alpha value is -1.97. The number of ether oxygens (including phenoxy) is 2. The molecule has 2 aromatic rings. The average Bonchev–Trinajstić information content (AvgIpc) is 3.29. The van der Waals surface area contributed by atoms with E-state index in [1.165, 1.54) is 0 Å². The molecule has 1 aliphatic heterocycles. The van der Waals surface area contributed by atoms with Crippen LogP contribution in [0.3, 0.4) is 0 Å². The highest BCUT2D eigenvalue weighted by atomic mass is 16.6. The third kappa shape index (κ3) is 2.50. The summed E-state index contributed by atoms with van der Waals surface area (Å²) in [5.41, 5.74) is 2.65. The molecule has 1 saturated heterocycles. The van der Waals surface area contributed by atoms with Gasteiger partial charge in [0.2, 0.25) is 0 Å². The Morgan fingerprint density at radius 3 is 2.55 bits per heavy atom. The minimum Gasteiger partial charge on any atom is -0.380 e. The third-order valence-corrected chi connectivity index (χ3v) is 3.46. The van der Waals surface area contributed by atoms with Crippen molar-refractivity contribution in [1.29, 1.82) is 0 Å². The van der Waals surface area contributed by atoms with Gasteiger partial charge in [0.15, 0.2) is 11.9 Å². The minimum atomic E-state index is -0.365. The normalized spacial score (nSPS) is 20.6. The number of ketones is 1. The van der Waals surface area contributed by atoms with Gasteiger partial charge in [-0.15, -0.1) is 0 Å². The number of carbonyl (C=O) groups is 1. The number of epoxide rings is 1. The third-order valence-electron chi connectivity index (χ3n) is 3.46. The molecule has 1 aliphatic rings. The Kier molecular flexibility index (Phi) is 3.63. The smallest absolute Gasteiger partial charge is 0.195 e. The fraction of sp³-hybridized carbons (Fsp3) is 0.235. The summed E-state index contributed by atoms with van der Waals surface area (Å²) >= 11 is 0. The van der Waals surface area contributed by atoms with E-state index >= 15 is 0 Å². The molecule has 0 bridgehead atoms. The Balaban J connectivity index is 1.78. The van der Waals surface area contributed by atoms with Gasteiger partial charge in [0.1, 0.15) is 6.10 Å². The van der Waals surface area contributed by atoms with Crippen molar-refractivity contribution >= 4 is 5.78 Å². The van der Waals surface area contributed by atoms with E-state index in [9.17, 15) is 4.79 Å². The Labute approximate surface area is 118 Å². The second-order valence-corrected chi connectivity index (χ2v) is 4.84. The molecule has 3 heteroatoms. The Bertz CT molecular complexity index is 607. The maximum absolute atomic E-state index is 12.5. The van der Waals surface area contributed by atoms with E-state index in [2.05, 4.69) is 0 Å². The first kappa shape index (κ1) is 13.0. The summed E-state index contributed by atoms with van der Waals surface area (Å²) in [4.78, 5) is 12.5. The maximum Gasteiger partial charge on any atom is 0.195 e. The van der Waals surface area contributed by atoms with Crippen LogP contribution >= 0.6 is 0 Å². The average molecular weight is 268 g/mol. The summed E-state index contributed by atoms with van der Waals surface area (Å²) in [5, 5.41) is 0. The zero-order valence-corrected chi connectivity index (χ0v) is 11.3. The zero-order valence-electron chi connectivity index (χ0n) is 11.3. The fourth-order valence-corrected chi connectivity index (χ4v) is 2.40. The molecule has 0 N–H and O–H groups in total. The molecule has 2 aromatic carbocycles. The molecular weight excluding hydrogens is 252 g/mol. The molecule has 3 rings (SSSR count). The number of rotatable bonds is 5. The molecule has 0 unspecified atom stereocenters. The highest BCUT2D eigenvalue weighted by Crippen LogP contribution is 2.40. The van der Waals surface area contributed by atoms with Gasteiger partial charge in [-0.05, 0) is 11.1 Å². The van der Waals surface area contributed by atoms with Crippen molar-refractivity contribution < 1.29 is 14.3 Å². The van der Waals surface area contributed by atoms with Gasteiger partial charge in [-0.1, -0.05) is 54.6 Å². The van der Waals surface area contributed by atoms with Crippen LogP contribution in [0.5, 0.6) is 0 Å². The molecule has 3 nitrogen and oxygen atoms in total. The first-order valence-corrected chi connectivity index (χ1v) is 6.62. The predicted molar refractivity (Wildman–Crippen MR) is 75.5 cm³/mol. The molecule has 0 aromatic heterocycles. The second kappa shape index (κ2) is 5.57. The number of methoxy groups -OCH3 is 1. The van der Waals surface area contributed by atoms with Gasteiger partial charge in [0, 0.05) is 12.7 Å². The van der Waals surface area contributed by atoms with Crippen molar-refractivity contribution in [3.63, 3.8) is 0 Å². The zero-order chi connectivity index (χ0) is 13.9.